The summed E-state index contributed by atoms with van der Waals surface area (Å²) in [7, 11) is 0. The van der Waals surface area contributed by atoms with Crippen LogP contribution in [0.5, 0.6) is 0 Å². The Morgan fingerprint density at radius 3 is 2.76 bits per heavy atom. The van der Waals surface area contributed by atoms with Crippen molar-refractivity contribution in [3.63, 3.8) is 0 Å². The Morgan fingerprint density at radius 2 is 2.18 bits per heavy atom. The number of hydrogen-bond acceptors (Lipinski definition) is 3. The van der Waals surface area contributed by atoms with E-state index >= 15 is 0 Å². The summed E-state index contributed by atoms with van der Waals surface area (Å²) in [5, 5.41) is 12.1. The SMILES string of the molecule is CC1CC=C[N+]1([O-])C(=O)OCc1ccccc1. The highest BCUT2D eigenvalue weighted by molar-refractivity contribution is 5.61. The van der Waals surface area contributed by atoms with E-state index in [1.165, 1.54) is 6.20 Å². The first-order valence-electron chi connectivity index (χ1n) is 5.61. The van der Waals surface area contributed by atoms with Gasteiger partial charge in [0, 0.05) is 6.42 Å². The summed E-state index contributed by atoms with van der Waals surface area (Å²) in [5.41, 5.74) is 0.878. The van der Waals surface area contributed by atoms with Gasteiger partial charge in [-0.3, -0.25) is 0 Å². The van der Waals surface area contributed by atoms with Crippen LogP contribution in [-0.2, 0) is 11.3 Å². The van der Waals surface area contributed by atoms with Crippen LogP contribution in [0.25, 0.3) is 0 Å². The van der Waals surface area contributed by atoms with E-state index in [9.17, 15) is 10.0 Å². The highest BCUT2D eigenvalue weighted by Crippen LogP contribution is 2.25. The molecule has 1 heterocycles. The van der Waals surface area contributed by atoms with Crippen molar-refractivity contribution in [3.8, 4) is 0 Å². The van der Waals surface area contributed by atoms with E-state index in [2.05, 4.69) is 0 Å². The number of rotatable bonds is 2. The molecule has 2 unspecified atom stereocenters. The molecule has 0 fully saturated rings. The van der Waals surface area contributed by atoms with E-state index in [-0.39, 0.29) is 12.6 Å². The molecule has 1 amide bonds. The largest absolute Gasteiger partial charge is 0.617 e. The fourth-order valence-electron chi connectivity index (χ4n) is 1.78. The highest BCUT2D eigenvalue weighted by Gasteiger charge is 2.36. The Morgan fingerprint density at radius 1 is 1.47 bits per heavy atom. The highest BCUT2D eigenvalue weighted by atomic mass is 16.7. The third-order valence-corrected chi connectivity index (χ3v) is 2.95. The van der Waals surface area contributed by atoms with Gasteiger partial charge in [-0.25, -0.2) is 4.65 Å². The molecule has 0 aliphatic carbocycles. The number of hydroxylamine groups is 3. The molecule has 1 aromatic rings. The van der Waals surface area contributed by atoms with Crippen LogP contribution in [0, 0.1) is 5.21 Å². The lowest BCUT2D eigenvalue weighted by molar-refractivity contribution is -0.773. The maximum atomic E-state index is 12.1. The van der Waals surface area contributed by atoms with Crippen molar-refractivity contribution < 1.29 is 14.2 Å². The van der Waals surface area contributed by atoms with Crippen LogP contribution in [0.4, 0.5) is 4.79 Å². The maximum Gasteiger partial charge on any atom is 0.521 e. The number of hydrogen-bond donors (Lipinski definition) is 0. The minimum Gasteiger partial charge on any atom is -0.617 e. The van der Waals surface area contributed by atoms with Gasteiger partial charge in [0.15, 0.2) is 0 Å². The van der Waals surface area contributed by atoms with Gasteiger partial charge in [-0.05, 0) is 18.6 Å². The number of ether oxygens (including phenoxy) is 1. The van der Waals surface area contributed by atoms with Gasteiger partial charge in [-0.1, -0.05) is 30.3 Å². The zero-order valence-corrected chi connectivity index (χ0v) is 9.70. The topological polar surface area (TPSA) is 49.4 Å². The molecule has 1 aliphatic heterocycles. The Hall–Kier alpha value is -1.65. The molecule has 0 spiro atoms. The third kappa shape index (κ3) is 2.38. The summed E-state index contributed by atoms with van der Waals surface area (Å²) < 4.78 is 4.05. The average molecular weight is 233 g/mol. The minimum absolute atomic E-state index is 0.141. The number of amides is 1. The van der Waals surface area contributed by atoms with E-state index in [1.807, 2.05) is 30.3 Å². The first kappa shape index (κ1) is 11.8. The number of carbonyl (C=O) groups is 1. The Bertz CT molecular complexity index is 430. The number of nitrogens with zero attached hydrogens (tertiary/aromatic N) is 1. The van der Waals surface area contributed by atoms with E-state index < -0.39 is 10.7 Å². The van der Waals surface area contributed by atoms with Crippen molar-refractivity contribution in [1.82, 2.24) is 0 Å². The van der Waals surface area contributed by atoms with Crippen molar-refractivity contribution in [2.45, 2.75) is 26.0 Å². The first-order valence-corrected chi connectivity index (χ1v) is 5.61. The van der Waals surface area contributed by atoms with Crippen LogP contribution >= 0.6 is 0 Å². The van der Waals surface area contributed by atoms with Gasteiger partial charge in [0.05, 0.1) is 0 Å². The molecule has 17 heavy (non-hydrogen) atoms. The van der Waals surface area contributed by atoms with Crippen molar-refractivity contribution >= 4 is 6.09 Å². The van der Waals surface area contributed by atoms with Crippen LogP contribution in [0.2, 0.25) is 0 Å². The molecular formula is C13H15NO3. The Kier molecular flexibility index (Phi) is 3.26. The average Bonchev–Trinajstić information content (AvgIpc) is 2.69. The van der Waals surface area contributed by atoms with Gasteiger partial charge in [0.2, 0.25) is 0 Å². The minimum atomic E-state index is -1.01. The number of benzene rings is 1. The van der Waals surface area contributed by atoms with Crippen LogP contribution in [0.3, 0.4) is 0 Å². The fourth-order valence-corrected chi connectivity index (χ4v) is 1.78. The molecule has 0 saturated carbocycles. The van der Waals surface area contributed by atoms with Crippen LogP contribution in [0.15, 0.2) is 42.6 Å². The van der Waals surface area contributed by atoms with E-state index in [1.54, 1.807) is 13.0 Å². The molecule has 0 aromatic heterocycles. The van der Waals surface area contributed by atoms with Gasteiger partial charge in [-0.15, -0.1) is 0 Å². The van der Waals surface area contributed by atoms with Crippen LogP contribution in [-0.4, -0.2) is 16.8 Å². The Balaban J connectivity index is 1.96. The fraction of sp³-hybridized carbons (Fsp3) is 0.308. The Labute approximate surface area is 100 Å². The van der Waals surface area contributed by atoms with E-state index in [4.69, 9.17) is 4.74 Å². The molecule has 4 nitrogen and oxygen atoms in total. The third-order valence-electron chi connectivity index (χ3n) is 2.95. The van der Waals surface area contributed by atoms with Gasteiger partial charge in [0.25, 0.3) is 0 Å². The lowest BCUT2D eigenvalue weighted by Crippen LogP contribution is -2.46. The van der Waals surface area contributed by atoms with Gasteiger partial charge in [0.1, 0.15) is 18.8 Å². The smallest absolute Gasteiger partial charge is 0.521 e. The molecule has 0 bridgehead atoms. The quantitative estimate of drug-likeness (QED) is 0.583. The zero-order valence-electron chi connectivity index (χ0n) is 9.70. The van der Waals surface area contributed by atoms with Crippen molar-refractivity contribution in [2.75, 3.05) is 0 Å². The maximum absolute atomic E-state index is 12.1. The first-order chi connectivity index (χ1) is 8.13. The molecule has 90 valence electrons. The van der Waals surface area contributed by atoms with Crippen molar-refractivity contribution in [1.29, 1.82) is 0 Å². The second-order valence-corrected chi connectivity index (χ2v) is 4.22. The molecule has 1 aromatic carbocycles. The summed E-state index contributed by atoms with van der Waals surface area (Å²) in [6.07, 6.45) is 2.96. The summed E-state index contributed by atoms with van der Waals surface area (Å²) in [6.45, 7) is 1.89. The molecule has 2 atom stereocenters. The molecule has 1 aliphatic rings. The summed E-state index contributed by atoms with van der Waals surface area (Å²) in [5.74, 6) is 0. The van der Waals surface area contributed by atoms with Crippen molar-refractivity contribution in [2.24, 2.45) is 0 Å². The lowest BCUT2D eigenvalue weighted by atomic mass is 10.2. The van der Waals surface area contributed by atoms with Crippen LogP contribution < -0.4 is 0 Å². The molecule has 4 heteroatoms. The molecule has 0 saturated heterocycles. The monoisotopic (exact) mass is 233 g/mol. The molecule has 0 N–H and O–H groups in total. The summed E-state index contributed by atoms with van der Waals surface area (Å²) in [4.78, 5) is 11.7. The lowest BCUT2D eigenvalue weighted by Gasteiger charge is -2.35. The second kappa shape index (κ2) is 4.69. The second-order valence-electron chi connectivity index (χ2n) is 4.22. The van der Waals surface area contributed by atoms with Gasteiger partial charge in [-0.2, -0.15) is 4.79 Å². The normalized spacial score (nSPS) is 27.1. The van der Waals surface area contributed by atoms with Gasteiger partial charge < -0.3 is 9.94 Å². The zero-order chi connectivity index (χ0) is 12.3. The molecular weight excluding hydrogens is 218 g/mol. The van der Waals surface area contributed by atoms with Crippen LogP contribution in [0.1, 0.15) is 18.9 Å². The predicted molar refractivity (Wildman–Crippen MR) is 63.5 cm³/mol. The molecule has 2 rings (SSSR count). The van der Waals surface area contributed by atoms with Crippen molar-refractivity contribution in [3.05, 3.63) is 53.4 Å². The summed E-state index contributed by atoms with van der Waals surface area (Å²) >= 11 is 0. The standard InChI is InChI=1S/C13H15NO3/c1-11-6-5-9-14(11,16)13(15)17-10-12-7-3-2-4-8-12/h2-5,7-9,11H,6,10H2,1H3. The number of quaternary nitrogens is 1. The number of carbonyl (C=O) groups excluding carboxylic acids is 1. The predicted octanol–water partition coefficient (Wildman–Crippen LogP) is 2.94. The summed E-state index contributed by atoms with van der Waals surface area (Å²) in [6, 6.07) is 9.03. The van der Waals surface area contributed by atoms with E-state index in [0.717, 1.165) is 5.56 Å². The van der Waals surface area contributed by atoms with Gasteiger partial charge >= 0.3 is 6.09 Å². The van der Waals surface area contributed by atoms with E-state index in [0.29, 0.717) is 6.42 Å². The molecule has 0 radical (unpaired) electrons.